The second-order valence-corrected chi connectivity index (χ2v) is 6.29. The minimum Gasteiger partial charge on any atom is -0.336 e. The van der Waals surface area contributed by atoms with Crippen molar-refractivity contribution in [1.82, 2.24) is 10.2 Å². The largest absolute Gasteiger partial charge is 0.336 e. The molecule has 1 aromatic rings. The number of piperazine rings is 1. The Bertz CT molecular complexity index is 414. The van der Waals surface area contributed by atoms with Crippen LogP contribution in [0.25, 0.3) is 0 Å². The molecule has 92 valence electrons. The van der Waals surface area contributed by atoms with E-state index in [9.17, 15) is 4.79 Å². The highest BCUT2D eigenvalue weighted by Crippen LogP contribution is 2.14. The van der Waals surface area contributed by atoms with E-state index in [1.54, 1.807) is 0 Å². The Kier molecular flexibility index (Phi) is 3.73. The molecule has 1 aliphatic rings. The van der Waals surface area contributed by atoms with Crippen LogP contribution in [0.5, 0.6) is 0 Å². The van der Waals surface area contributed by atoms with Crippen LogP contribution >= 0.6 is 22.6 Å². The Hall–Kier alpha value is -0.620. The zero-order valence-electron chi connectivity index (χ0n) is 10.2. The molecular formula is C13H17IN2O. The Morgan fingerprint density at radius 2 is 2.00 bits per heavy atom. The molecule has 0 radical (unpaired) electrons. The Balaban J connectivity index is 2.12. The zero-order chi connectivity index (χ0) is 12.5. The topological polar surface area (TPSA) is 32.3 Å². The van der Waals surface area contributed by atoms with E-state index in [2.05, 4.69) is 41.8 Å². The van der Waals surface area contributed by atoms with Crippen molar-refractivity contribution >= 4 is 28.5 Å². The lowest BCUT2D eigenvalue weighted by atomic mass is 10.0. The molecule has 17 heavy (non-hydrogen) atoms. The van der Waals surface area contributed by atoms with Gasteiger partial charge in [-0.05, 0) is 60.7 Å². The van der Waals surface area contributed by atoms with Gasteiger partial charge in [-0.25, -0.2) is 0 Å². The van der Waals surface area contributed by atoms with Gasteiger partial charge in [-0.3, -0.25) is 4.79 Å². The Labute approximate surface area is 116 Å². The van der Waals surface area contributed by atoms with Crippen LogP contribution in [0.4, 0.5) is 0 Å². The third-order valence-corrected chi connectivity index (χ3v) is 3.67. The summed E-state index contributed by atoms with van der Waals surface area (Å²) in [6, 6.07) is 7.75. The van der Waals surface area contributed by atoms with Gasteiger partial charge in [0.25, 0.3) is 5.91 Å². The van der Waals surface area contributed by atoms with Gasteiger partial charge in [-0.1, -0.05) is 0 Å². The summed E-state index contributed by atoms with van der Waals surface area (Å²) in [7, 11) is 0. The molecule has 4 heteroatoms. The van der Waals surface area contributed by atoms with E-state index >= 15 is 0 Å². The van der Waals surface area contributed by atoms with E-state index < -0.39 is 0 Å². The Morgan fingerprint density at radius 3 is 2.59 bits per heavy atom. The van der Waals surface area contributed by atoms with Crippen molar-refractivity contribution in [3.8, 4) is 0 Å². The number of benzene rings is 1. The number of nitrogens with one attached hydrogen (secondary N) is 1. The highest BCUT2D eigenvalue weighted by Gasteiger charge is 2.28. The highest BCUT2D eigenvalue weighted by molar-refractivity contribution is 14.1. The van der Waals surface area contributed by atoms with Crippen LogP contribution in [0.2, 0.25) is 0 Å². The van der Waals surface area contributed by atoms with Gasteiger partial charge in [0.15, 0.2) is 0 Å². The number of nitrogens with zero attached hydrogens (tertiary/aromatic N) is 1. The van der Waals surface area contributed by atoms with Crippen LogP contribution < -0.4 is 5.32 Å². The average molecular weight is 344 g/mol. The summed E-state index contributed by atoms with van der Waals surface area (Å²) >= 11 is 2.24. The standard InChI is InChI=1S/C13H17IN2O/c1-13(2)9-16(8-7-15-13)12(17)10-3-5-11(14)6-4-10/h3-6,15H,7-9H2,1-2H3. The van der Waals surface area contributed by atoms with E-state index in [1.165, 1.54) is 0 Å². The third-order valence-electron chi connectivity index (χ3n) is 2.95. The molecule has 3 nitrogen and oxygen atoms in total. The van der Waals surface area contributed by atoms with Crippen molar-refractivity contribution in [2.75, 3.05) is 19.6 Å². The minimum atomic E-state index is 0.0110. The van der Waals surface area contributed by atoms with Crippen molar-refractivity contribution in [1.29, 1.82) is 0 Å². The molecule has 0 atom stereocenters. The number of carbonyl (C=O) groups excluding carboxylic acids is 1. The zero-order valence-corrected chi connectivity index (χ0v) is 12.3. The summed E-state index contributed by atoms with van der Waals surface area (Å²) in [5.41, 5.74) is 0.792. The maximum atomic E-state index is 12.3. The fourth-order valence-electron chi connectivity index (χ4n) is 2.09. The van der Waals surface area contributed by atoms with Crippen molar-refractivity contribution < 1.29 is 4.79 Å². The van der Waals surface area contributed by atoms with Crippen molar-refractivity contribution in [3.63, 3.8) is 0 Å². The third kappa shape index (κ3) is 3.19. The molecule has 0 bridgehead atoms. The van der Waals surface area contributed by atoms with Crippen LogP contribution in [0.1, 0.15) is 24.2 Å². The number of hydrogen-bond donors (Lipinski definition) is 1. The molecule has 0 aliphatic carbocycles. The summed E-state index contributed by atoms with van der Waals surface area (Å²) in [4.78, 5) is 14.2. The average Bonchev–Trinajstić information content (AvgIpc) is 2.28. The molecule has 1 aromatic carbocycles. The fourth-order valence-corrected chi connectivity index (χ4v) is 2.45. The van der Waals surface area contributed by atoms with Gasteiger partial charge in [0.05, 0.1) is 0 Å². The summed E-state index contributed by atoms with van der Waals surface area (Å²) in [6.07, 6.45) is 0. The second-order valence-electron chi connectivity index (χ2n) is 5.04. The van der Waals surface area contributed by atoms with Gasteiger partial charge in [0.1, 0.15) is 0 Å². The SMILES string of the molecule is CC1(C)CN(C(=O)c2ccc(I)cc2)CCN1. The first-order valence-electron chi connectivity index (χ1n) is 5.78. The Morgan fingerprint density at radius 1 is 1.35 bits per heavy atom. The number of carbonyl (C=O) groups is 1. The van der Waals surface area contributed by atoms with Crippen LogP contribution in [0, 0.1) is 3.57 Å². The predicted molar refractivity (Wildman–Crippen MR) is 77.1 cm³/mol. The first-order valence-corrected chi connectivity index (χ1v) is 6.86. The van der Waals surface area contributed by atoms with E-state index in [1.807, 2.05) is 29.2 Å². The molecule has 0 spiro atoms. The fraction of sp³-hybridized carbons (Fsp3) is 0.462. The summed E-state index contributed by atoms with van der Waals surface area (Å²) < 4.78 is 1.15. The first-order chi connectivity index (χ1) is 7.98. The van der Waals surface area contributed by atoms with E-state index in [4.69, 9.17) is 0 Å². The van der Waals surface area contributed by atoms with E-state index in [0.717, 1.165) is 28.8 Å². The second kappa shape index (κ2) is 4.94. The molecule has 0 aromatic heterocycles. The van der Waals surface area contributed by atoms with Gasteiger partial charge in [0, 0.05) is 34.3 Å². The van der Waals surface area contributed by atoms with E-state index in [-0.39, 0.29) is 11.4 Å². The van der Waals surface area contributed by atoms with Gasteiger partial charge >= 0.3 is 0 Å². The summed E-state index contributed by atoms with van der Waals surface area (Å²) in [6.45, 7) is 6.66. The van der Waals surface area contributed by atoms with Crippen LogP contribution in [0.3, 0.4) is 0 Å². The van der Waals surface area contributed by atoms with Crippen molar-refractivity contribution in [2.24, 2.45) is 0 Å². The van der Waals surface area contributed by atoms with Gasteiger partial charge in [0.2, 0.25) is 0 Å². The maximum absolute atomic E-state index is 12.3. The lowest BCUT2D eigenvalue weighted by Gasteiger charge is -2.39. The predicted octanol–water partition coefficient (Wildman–Crippen LogP) is 2.12. The monoisotopic (exact) mass is 344 g/mol. The molecule has 1 aliphatic heterocycles. The van der Waals surface area contributed by atoms with Crippen LogP contribution in [0.15, 0.2) is 24.3 Å². The molecule has 1 heterocycles. The number of hydrogen-bond acceptors (Lipinski definition) is 2. The lowest BCUT2D eigenvalue weighted by Crippen LogP contribution is -2.58. The van der Waals surface area contributed by atoms with Crippen molar-refractivity contribution in [3.05, 3.63) is 33.4 Å². The van der Waals surface area contributed by atoms with Gasteiger partial charge in [-0.15, -0.1) is 0 Å². The van der Waals surface area contributed by atoms with Crippen LogP contribution in [-0.2, 0) is 0 Å². The quantitative estimate of drug-likeness (QED) is 0.792. The number of halogens is 1. The molecule has 1 saturated heterocycles. The van der Waals surface area contributed by atoms with Crippen molar-refractivity contribution in [2.45, 2.75) is 19.4 Å². The smallest absolute Gasteiger partial charge is 0.253 e. The molecule has 0 saturated carbocycles. The molecule has 1 amide bonds. The van der Waals surface area contributed by atoms with Gasteiger partial charge < -0.3 is 10.2 Å². The normalized spacial score (nSPS) is 19.1. The number of rotatable bonds is 1. The molecule has 1 fully saturated rings. The molecule has 0 unspecified atom stereocenters. The minimum absolute atomic E-state index is 0.0110. The molecule has 2 rings (SSSR count). The van der Waals surface area contributed by atoms with E-state index in [0.29, 0.717) is 0 Å². The van der Waals surface area contributed by atoms with Crippen LogP contribution in [-0.4, -0.2) is 36.0 Å². The lowest BCUT2D eigenvalue weighted by molar-refractivity contribution is 0.0652. The molecule has 1 N–H and O–H groups in total. The number of amides is 1. The summed E-state index contributed by atoms with van der Waals surface area (Å²) in [5.74, 6) is 0.135. The maximum Gasteiger partial charge on any atom is 0.253 e. The first kappa shape index (κ1) is 12.8. The molecular weight excluding hydrogens is 327 g/mol. The highest BCUT2D eigenvalue weighted by atomic mass is 127. The van der Waals surface area contributed by atoms with Gasteiger partial charge in [-0.2, -0.15) is 0 Å². The summed E-state index contributed by atoms with van der Waals surface area (Å²) in [5, 5.41) is 3.41.